The largest absolute Gasteiger partial charge is 0.489 e. The van der Waals surface area contributed by atoms with E-state index in [-0.39, 0.29) is 18.7 Å². The summed E-state index contributed by atoms with van der Waals surface area (Å²) in [5.41, 5.74) is 3.25. The van der Waals surface area contributed by atoms with Crippen LogP contribution in [0.3, 0.4) is 0 Å². The summed E-state index contributed by atoms with van der Waals surface area (Å²) in [5, 5.41) is 11.2. The van der Waals surface area contributed by atoms with Gasteiger partial charge in [-0.1, -0.05) is 42.0 Å². The monoisotopic (exact) mass is 327 g/mol. The highest BCUT2D eigenvalue weighted by Crippen LogP contribution is 2.14. The molecule has 0 fully saturated rings. The summed E-state index contributed by atoms with van der Waals surface area (Å²) < 4.78 is 5.72. The van der Waals surface area contributed by atoms with Gasteiger partial charge in [-0.15, -0.1) is 0 Å². The first-order chi connectivity index (χ1) is 11.5. The minimum atomic E-state index is -0.972. The number of carboxylic acid groups (broad SMARTS) is 1. The lowest BCUT2D eigenvalue weighted by molar-refractivity contribution is -0.138. The van der Waals surface area contributed by atoms with Crippen LogP contribution in [-0.2, 0) is 22.7 Å². The van der Waals surface area contributed by atoms with Gasteiger partial charge in [-0.05, 0) is 30.2 Å². The number of rotatable bonds is 8. The summed E-state index contributed by atoms with van der Waals surface area (Å²) in [6.07, 6.45) is -0.162. The molecule has 0 saturated carbocycles. The van der Waals surface area contributed by atoms with Crippen LogP contribution in [0.5, 0.6) is 5.75 Å². The molecule has 2 N–H and O–H groups in total. The zero-order valence-electron chi connectivity index (χ0n) is 13.6. The molecule has 0 aromatic heterocycles. The third kappa shape index (κ3) is 6.12. The number of nitrogens with one attached hydrogen (secondary N) is 1. The van der Waals surface area contributed by atoms with Gasteiger partial charge in [-0.25, -0.2) is 0 Å². The van der Waals surface area contributed by atoms with Crippen LogP contribution >= 0.6 is 0 Å². The van der Waals surface area contributed by atoms with Crippen LogP contribution in [0.2, 0.25) is 0 Å². The molecule has 2 rings (SSSR count). The van der Waals surface area contributed by atoms with Crippen LogP contribution in [0.15, 0.2) is 48.5 Å². The van der Waals surface area contributed by atoms with Crippen molar-refractivity contribution in [2.45, 2.75) is 32.9 Å². The minimum absolute atomic E-state index is 0.00687. The molecule has 0 aliphatic carbocycles. The fourth-order valence-electron chi connectivity index (χ4n) is 2.06. The maximum Gasteiger partial charge on any atom is 0.303 e. The van der Waals surface area contributed by atoms with E-state index in [0.717, 1.165) is 16.9 Å². The third-order valence-electron chi connectivity index (χ3n) is 3.51. The number of carbonyl (C=O) groups is 2. The second-order valence-corrected chi connectivity index (χ2v) is 5.59. The van der Waals surface area contributed by atoms with Crippen molar-refractivity contribution in [2.75, 3.05) is 0 Å². The molecule has 0 spiro atoms. The molecule has 1 amide bonds. The van der Waals surface area contributed by atoms with Crippen molar-refractivity contribution in [1.29, 1.82) is 0 Å². The molecule has 0 atom stereocenters. The lowest BCUT2D eigenvalue weighted by Gasteiger charge is -2.08. The molecule has 24 heavy (non-hydrogen) atoms. The number of hydrogen-bond acceptors (Lipinski definition) is 3. The number of amides is 1. The molecule has 0 radical (unpaired) electrons. The molecule has 126 valence electrons. The van der Waals surface area contributed by atoms with Crippen molar-refractivity contribution >= 4 is 11.9 Å². The quantitative estimate of drug-likeness (QED) is 0.781. The molecule has 5 heteroatoms. The number of carbonyl (C=O) groups excluding carboxylic acids is 1. The van der Waals surface area contributed by atoms with E-state index in [1.54, 1.807) is 0 Å². The van der Waals surface area contributed by atoms with Crippen LogP contribution in [0.4, 0.5) is 0 Å². The van der Waals surface area contributed by atoms with Crippen molar-refractivity contribution in [3.63, 3.8) is 0 Å². The van der Waals surface area contributed by atoms with Gasteiger partial charge in [0.25, 0.3) is 0 Å². The van der Waals surface area contributed by atoms with E-state index in [1.165, 1.54) is 5.56 Å². The van der Waals surface area contributed by atoms with E-state index in [1.807, 2.05) is 43.3 Å². The number of aryl methyl sites for hydroxylation is 1. The Balaban J connectivity index is 1.77. The van der Waals surface area contributed by atoms with E-state index in [9.17, 15) is 9.59 Å². The van der Waals surface area contributed by atoms with E-state index in [0.29, 0.717) is 13.2 Å². The standard InChI is InChI=1S/C19H21NO4/c1-14-2-4-16(5-3-14)13-24-17-8-6-15(7-9-17)12-20-18(21)10-11-19(22)23/h2-9H,10-13H2,1H3,(H,20,21)(H,22,23). The predicted molar refractivity (Wildman–Crippen MR) is 90.7 cm³/mol. The topological polar surface area (TPSA) is 75.6 Å². The molecular formula is C19H21NO4. The second-order valence-electron chi connectivity index (χ2n) is 5.59. The summed E-state index contributed by atoms with van der Waals surface area (Å²) >= 11 is 0. The van der Waals surface area contributed by atoms with Gasteiger partial charge in [0.05, 0.1) is 6.42 Å². The first kappa shape index (κ1) is 17.5. The Hall–Kier alpha value is -2.82. The molecule has 2 aromatic rings. The third-order valence-corrected chi connectivity index (χ3v) is 3.51. The molecule has 0 aliphatic rings. The molecule has 0 bridgehead atoms. The van der Waals surface area contributed by atoms with E-state index < -0.39 is 5.97 Å². The smallest absolute Gasteiger partial charge is 0.303 e. The van der Waals surface area contributed by atoms with Crippen molar-refractivity contribution in [3.05, 3.63) is 65.2 Å². The van der Waals surface area contributed by atoms with Gasteiger partial charge in [0, 0.05) is 13.0 Å². The summed E-state index contributed by atoms with van der Waals surface area (Å²) in [6, 6.07) is 15.6. The molecule has 2 aromatic carbocycles. The Morgan fingerprint density at radius 3 is 2.21 bits per heavy atom. The second kappa shape index (κ2) is 8.72. The summed E-state index contributed by atoms with van der Waals surface area (Å²) in [4.78, 5) is 21.9. The highest BCUT2D eigenvalue weighted by atomic mass is 16.5. The SMILES string of the molecule is Cc1ccc(COc2ccc(CNC(=O)CCC(=O)O)cc2)cc1. The normalized spacial score (nSPS) is 10.2. The number of hydrogen-bond donors (Lipinski definition) is 2. The van der Waals surface area contributed by atoms with Crippen LogP contribution in [-0.4, -0.2) is 17.0 Å². The average molecular weight is 327 g/mol. The lowest BCUT2D eigenvalue weighted by Crippen LogP contribution is -2.23. The van der Waals surface area contributed by atoms with E-state index in [4.69, 9.17) is 9.84 Å². The molecule has 0 unspecified atom stereocenters. The summed E-state index contributed by atoms with van der Waals surface area (Å²) in [5.74, 6) is -0.478. The van der Waals surface area contributed by atoms with Crippen LogP contribution < -0.4 is 10.1 Å². The number of benzene rings is 2. The zero-order valence-corrected chi connectivity index (χ0v) is 13.6. The van der Waals surface area contributed by atoms with Crippen LogP contribution in [0.25, 0.3) is 0 Å². The summed E-state index contributed by atoms with van der Waals surface area (Å²) in [7, 11) is 0. The molecule has 0 heterocycles. The Bertz CT molecular complexity index is 678. The van der Waals surface area contributed by atoms with Gasteiger partial charge < -0.3 is 15.2 Å². The Morgan fingerprint density at radius 1 is 0.958 bits per heavy atom. The van der Waals surface area contributed by atoms with Crippen molar-refractivity contribution in [1.82, 2.24) is 5.32 Å². The van der Waals surface area contributed by atoms with Crippen LogP contribution in [0.1, 0.15) is 29.5 Å². The Kier molecular flexibility index (Phi) is 6.37. The van der Waals surface area contributed by atoms with Gasteiger partial charge in [0.1, 0.15) is 12.4 Å². The van der Waals surface area contributed by atoms with Crippen molar-refractivity contribution < 1.29 is 19.4 Å². The first-order valence-electron chi connectivity index (χ1n) is 7.79. The number of ether oxygens (including phenoxy) is 1. The molecular weight excluding hydrogens is 306 g/mol. The van der Waals surface area contributed by atoms with Gasteiger partial charge in [-0.2, -0.15) is 0 Å². The fourth-order valence-corrected chi connectivity index (χ4v) is 2.06. The number of carboxylic acids is 1. The maximum absolute atomic E-state index is 11.5. The van der Waals surface area contributed by atoms with Gasteiger partial charge in [0.2, 0.25) is 5.91 Å². The minimum Gasteiger partial charge on any atom is -0.489 e. The van der Waals surface area contributed by atoms with Crippen molar-refractivity contribution in [3.8, 4) is 5.75 Å². The fraction of sp³-hybridized carbons (Fsp3) is 0.263. The lowest BCUT2D eigenvalue weighted by atomic mass is 10.2. The highest BCUT2D eigenvalue weighted by molar-refractivity contribution is 5.80. The Labute approximate surface area is 141 Å². The van der Waals surface area contributed by atoms with Crippen molar-refractivity contribution in [2.24, 2.45) is 0 Å². The van der Waals surface area contributed by atoms with E-state index >= 15 is 0 Å². The van der Waals surface area contributed by atoms with Gasteiger partial charge in [-0.3, -0.25) is 9.59 Å². The molecule has 5 nitrogen and oxygen atoms in total. The zero-order chi connectivity index (χ0) is 17.4. The average Bonchev–Trinajstić information content (AvgIpc) is 2.58. The first-order valence-corrected chi connectivity index (χ1v) is 7.79. The van der Waals surface area contributed by atoms with Gasteiger partial charge in [0.15, 0.2) is 0 Å². The Morgan fingerprint density at radius 2 is 1.58 bits per heavy atom. The maximum atomic E-state index is 11.5. The number of aliphatic carboxylic acids is 1. The highest BCUT2D eigenvalue weighted by Gasteiger charge is 2.05. The van der Waals surface area contributed by atoms with E-state index in [2.05, 4.69) is 17.4 Å². The predicted octanol–water partition coefficient (Wildman–Crippen LogP) is 3.06. The summed E-state index contributed by atoms with van der Waals surface area (Å²) in [6.45, 7) is 2.92. The molecule has 0 saturated heterocycles. The van der Waals surface area contributed by atoms with Crippen LogP contribution in [0, 0.1) is 6.92 Å². The van der Waals surface area contributed by atoms with Gasteiger partial charge >= 0.3 is 5.97 Å². The molecule has 0 aliphatic heterocycles.